The minimum absolute atomic E-state index is 0.200. The molecular weight excluding hydrogens is 246 g/mol. The molecule has 0 unspecified atom stereocenters. The Morgan fingerprint density at radius 3 is 2.58 bits per heavy atom. The third-order valence-electron chi connectivity index (χ3n) is 2.76. The number of benzene rings is 1. The molecule has 0 fully saturated rings. The van der Waals surface area contributed by atoms with Gasteiger partial charge in [-0.15, -0.1) is 0 Å². The van der Waals surface area contributed by atoms with Gasteiger partial charge in [-0.1, -0.05) is 0 Å². The van der Waals surface area contributed by atoms with Gasteiger partial charge in [0.2, 0.25) is 0 Å². The number of methoxy groups -OCH3 is 1. The van der Waals surface area contributed by atoms with Gasteiger partial charge in [-0.05, 0) is 37.3 Å². The molecule has 0 aliphatic heterocycles. The van der Waals surface area contributed by atoms with Crippen LogP contribution in [-0.2, 0) is 6.54 Å². The lowest BCUT2D eigenvalue weighted by atomic mass is 10.2. The molecule has 2 N–H and O–H groups in total. The average molecular weight is 261 g/mol. The molecule has 0 aliphatic carbocycles. The maximum absolute atomic E-state index is 10.9. The van der Waals surface area contributed by atoms with Crippen molar-refractivity contribution in [2.24, 2.45) is 0 Å². The second kappa shape index (κ2) is 5.48. The summed E-state index contributed by atoms with van der Waals surface area (Å²) in [5.41, 5.74) is 1.11. The number of rotatable bonds is 5. The topological polar surface area (TPSA) is 71.7 Å². The van der Waals surface area contributed by atoms with Crippen molar-refractivity contribution in [3.8, 4) is 5.75 Å². The van der Waals surface area contributed by atoms with E-state index in [1.807, 2.05) is 24.3 Å². The zero-order chi connectivity index (χ0) is 13.8. The molecule has 1 aromatic carbocycles. The van der Waals surface area contributed by atoms with Crippen LogP contribution in [0.15, 0.2) is 34.7 Å². The third kappa shape index (κ3) is 3.07. The Morgan fingerprint density at radius 1 is 1.37 bits per heavy atom. The Hall–Kier alpha value is -2.43. The lowest BCUT2D eigenvalue weighted by Gasteiger charge is -2.05. The van der Waals surface area contributed by atoms with Crippen molar-refractivity contribution in [3.05, 3.63) is 47.4 Å². The van der Waals surface area contributed by atoms with E-state index < -0.39 is 5.97 Å². The molecule has 0 saturated carbocycles. The van der Waals surface area contributed by atoms with Gasteiger partial charge in [0.15, 0.2) is 0 Å². The van der Waals surface area contributed by atoms with Gasteiger partial charge < -0.3 is 19.6 Å². The molecule has 0 atom stereocenters. The summed E-state index contributed by atoms with van der Waals surface area (Å²) in [6.45, 7) is 2.07. The van der Waals surface area contributed by atoms with Gasteiger partial charge in [0.25, 0.3) is 0 Å². The second-order valence-corrected chi connectivity index (χ2v) is 4.07. The molecule has 100 valence electrons. The summed E-state index contributed by atoms with van der Waals surface area (Å²) in [5, 5.41) is 12.1. The van der Waals surface area contributed by atoms with Crippen molar-refractivity contribution >= 4 is 11.7 Å². The van der Waals surface area contributed by atoms with Gasteiger partial charge in [-0.25, -0.2) is 4.79 Å². The van der Waals surface area contributed by atoms with Crippen molar-refractivity contribution in [2.75, 3.05) is 12.4 Å². The quantitative estimate of drug-likeness (QED) is 0.865. The van der Waals surface area contributed by atoms with Crippen LogP contribution >= 0.6 is 0 Å². The molecule has 2 aromatic rings. The van der Waals surface area contributed by atoms with Crippen LogP contribution in [0.5, 0.6) is 5.75 Å². The van der Waals surface area contributed by atoms with Gasteiger partial charge in [-0.2, -0.15) is 0 Å². The first-order valence-corrected chi connectivity index (χ1v) is 5.80. The van der Waals surface area contributed by atoms with E-state index in [0.717, 1.165) is 11.4 Å². The number of aryl methyl sites for hydroxylation is 1. The van der Waals surface area contributed by atoms with Crippen LogP contribution in [0.3, 0.4) is 0 Å². The Balaban J connectivity index is 2.01. The van der Waals surface area contributed by atoms with Gasteiger partial charge in [0, 0.05) is 5.69 Å². The monoisotopic (exact) mass is 261 g/mol. The smallest absolute Gasteiger partial charge is 0.339 e. The van der Waals surface area contributed by atoms with E-state index in [2.05, 4.69) is 5.32 Å². The summed E-state index contributed by atoms with van der Waals surface area (Å²) >= 11 is 0. The largest absolute Gasteiger partial charge is 0.497 e. The summed E-state index contributed by atoms with van der Waals surface area (Å²) in [6.07, 6.45) is 0. The molecule has 19 heavy (non-hydrogen) atoms. The number of carboxylic acid groups (broad SMARTS) is 1. The fraction of sp³-hybridized carbons (Fsp3) is 0.214. The number of ether oxygens (including phenoxy) is 1. The van der Waals surface area contributed by atoms with Crippen molar-refractivity contribution in [2.45, 2.75) is 13.5 Å². The first-order chi connectivity index (χ1) is 9.10. The predicted octanol–water partition coefficient (Wildman–Crippen LogP) is 2.91. The minimum Gasteiger partial charge on any atom is -0.497 e. The maximum Gasteiger partial charge on any atom is 0.339 e. The Morgan fingerprint density at radius 2 is 2.05 bits per heavy atom. The molecule has 5 heteroatoms. The van der Waals surface area contributed by atoms with Gasteiger partial charge in [0.1, 0.15) is 22.8 Å². The standard InChI is InChI=1S/C14H15NO4/c1-9-13(14(16)17)7-12(19-9)8-15-10-3-5-11(18-2)6-4-10/h3-7,15H,8H2,1-2H3,(H,16,17). The summed E-state index contributed by atoms with van der Waals surface area (Å²) < 4.78 is 10.4. The number of furan rings is 1. The van der Waals surface area contributed by atoms with Crippen molar-refractivity contribution in [1.82, 2.24) is 0 Å². The SMILES string of the molecule is COc1ccc(NCc2cc(C(=O)O)c(C)o2)cc1. The number of hydrogen-bond acceptors (Lipinski definition) is 4. The fourth-order valence-corrected chi connectivity index (χ4v) is 1.74. The molecule has 2 rings (SSSR count). The molecule has 0 bridgehead atoms. The van der Waals surface area contributed by atoms with Gasteiger partial charge in [0.05, 0.1) is 13.7 Å². The predicted molar refractivity (Wildman–Crippen MR) is 70.7 cm³/mol. The first-order valence-electron chi connectivity index (χ1n) is 5.80. The zero-order valence-corrected chi connectivity index (χ0v) is 10.8. The Kier molecular flexibility index (Phi) is 3.75. The van der Waals surface area contributed by atoms with Crippen LogP contribution in [0, 0.1) is 6.92 Å². The zero-order valence-electron chi connectivity index (χ0n) is 10.8. The van der Waals surface area contributed by atoms with Crippen LogP contribution in [0.4, 0.5) is 5.69 Å². The number of anilines is 1. The summed E-state index contributed by atoms with van der Waals surface area (Å²) in [5.74, 6) is 0.814. The summed E-state index contributed by atoms with van der Waals surface area (Å²) in [7, 11) is 1.61. The molecule has 1 aromatic heterocycles. The molecule has 0 amide bonds. The van der Waals surface area contributed by atoms with Crippen LogP contribution in [0.2, 0.25) is 0 Å². The normalized spacial score (nSPS) is 10.2. The highest BCUT2D eigenvalue weighted by Gasteiger charge is 2.13. The molecule has 1 heterocycles. The number of hydrogen-bond donors (Lipinski definition) is 2. The van der Waals surface area contributed by atoms with Crippen LogP contribution in [0.1, 0.15) is 21.9 Å². The average Bonchev–Trinajstić information content (AvgIpc) is 2.78. The lowest BCUT2D eigenvalue weighted by molar-refractivity contribution is 0.0695. The highest BCUT2D eigenvalue weighted by atomic mass is 16.5. The van der Waals surface area contributed by atoms with E-state index in [1.165, 1.54) is 6.07 Å². The van der Waals surface area contributed by atoms with Crippen molar-refractivity contribution < 1.29 is 19.1 Å². The minimum atomic E-state index is -0.975. The third-order valence-corrected chi connectivity index (χ3v) is 2.76. The molecule has 0 saturated heterocycles. The van der Waals surface area contributed by atoms with Crippen LogP contribution in [0.25, 0.3) is 0 Å². The van der Waals surface area contributed by atoms with Crippen LogP contribution in [-0.4, -0.2) is 18.2 Å². The fourth-order valence-electron chi connectivity index (χ4n) is 1.74. The molecule has 0 aliphatic rings. The Bertz CT molecular complexity index is 572. The van der Waals surface area contributed by atoms with E-state index in [-0.39, 0.29) is 5.56 Å². The van der Waals surface area contributed by atoms with Crippen LogP contribution < -0.4 is 10.1 Å². The molecular formula is C14H15NO4. The summed E-state index contributed by atoms with van der Waals surface area (Å²) in [4.78, 5) is 10.9. The van der Waals surface area contributed by atoms with E-state index in [0.29, 0.717) is 18.1 Å². The maximum atomic E-state index is 10.9. The van der Waals surface area contributed by atoms with Crippen molar-refractivity contribution in [3.63, 3.8) is 0 Å². The number of aromatic carboxylic acids is 1. The Labute approximate surface area is 110 Å². The van der Waals surface area contributed by atoms with Gasteiger partial charge >= 0.3 is 5.97 Å². The molecule has 0 spiro atoms. The molecule has 5 nitrogen and oxygen atoms in total. The highest BCUT2D eigenvalue weighted by Crippen LogP contribution is 2.18. The number of nitrogens with one attached hydrogen (secondary N) is 1. The first kappa shape index (κ1) is 13.0. The van der Waals surface area contributed by atoms with E-state index in [9.17, 15) is 4.79 Å². The van der Waals surface area contributed by atoms with E-state index in [4.69, 9.17) is 14.3 Å². The lowest BCUT2D eigenvalue weighted by Crippen LogP contribution is -1.98. The van der Waals surface area contributed by atoms with E-state index in [1.54, 1.807) is 14.0 Å². The molecule has 0 radical (unpaired) electrons. The second-order valence-electron chi connectivity index (χ2n) is 4.07. The van der Waals surface area contributed by atoms with Gasteiger partial charge in [-0.3, -0.25) is 0 Å². The van der Waals surface area contributed by atoms with E-state index >= 15 is 0 Å². The number of carbonyl (C=O) groups is 1. The number of carboxylic acids is 1. The highest BCUT2D eigenvalue weighted by molar-refractivity contribution is 5.88. The van der Waals surface area contributed by atoms with Crippen molar-refractivity contribution in [1.29, 1.82) is 0 Å². The summed E-state index contributed by atoms with van der Waals surface area (Å²) in [6, 6.07) is 8.99.